The quantitative estimate of drug-likeness (QED) is 0.752. The molecule has 1 aromatic carbocycles. The summed E-state index contributed by atoms with van der Waals surface area (Å²) >= 11 is 0. The van der Waals surface area contributed by atoms with E-state index in [9.17, 15) is 4.79 Å². The van der Waals surface area contributed by atoms with Crippen molar-refractivity contribution in [3.8, 4) is 11.4 Å². The van der Waals surface area contributed by atoms with Gasteiger partial charge in [0, 0.05) is 0 Å². The third-order valence-electron chi connectivity index (χ3n) is 3.45. The molecular weight excluding hydrogens is 308 g/mol. The van der Waals surface area contributed by atoms with Gasteiger partial charge in [0.25, 0.3) is 5.91 Å². The largest absolute Gasteiger partial charge is 0.494 e. The predicted octanol–water partition coefficient (Wildman–Crippen LogP) is 2.50. The minimum Gasteiger partial charge on any atom is -0.494 e. The summed E-state index contributed by atoms with van der Waals surface area (Å²) in [4.78, 5) is 12.5. The summed E-state index contributed by atoms with van der Waals surface area (Å²) in [5.41, 5.74) is 1.69. The number of carbonyl (C=O) groups is 1. The third kappa shape index (κ3) is 3.29. The lowest BCUT2D eigenvalue weighted by Crippen LogP contribution is -2.26. The number of aromatic nitrogens is 3. The molecule has 0 aliphatic rings. The molecule has 1 N–H and O–H groups in total. The van der Waals surface area contributed by atoms with Crippen LogP contribution in [0, 0.1) is 6.92 Å². The Morgan fingerprint density at radius 2 is 2.08 bits per heavy atom. The average molecular weight is 326 g/mol. The van der Waals surface area contributed by atoms with Crippen LogP contribution in [-0.2, 0) is 6.54 Å². The molecule has 0 atom stereocenters. The smallest absolute Gasteiger partial charge is 0.272 e. The summed E-state index contributed by atoms with van der Waals surface area (Å²) in [6.45, 7) is 4.58. The molecule has 0 aliphatic carbocycles. The van der Waals surface area contributed by atoms with E-state index < -0.39 is 0 Å². The van der Waals surface area contributed by atoms with Crippen molar-refractivity contribution in [2.75, 3.05) is 6.61 Å². The lowest BCUT2D eigenvalue weighted by molar-refractivity contribution is 0.0939. The van der Waals surface area contributed by atoms with Crippen LogP contribution >= 0.6 is 0 Å². The Balaban J connectivity index is 1.81. The van der Waals surface area contributed by atoms with Gasteiger partial charge in [-0.25, -0.2) is 4.68 Å². The molecule has 0 unspecified atom stereocenters. The highest BCUT2D eigenvalue weighted by molar-refractivity contribution is 5.94. The second-order valence-electron chi connectivity index (χ2n) is 5.12. The fourth-order valence-corrected chi connectivity index (χ4v) is 2.31. The lowest BCUT2D eigenvalue weighted by Gasteiger charge is -2.08. The van der Waals surface area contributed by atoms with Crippen molar-refractivity contribution >= 4 is 5.91 Å². The number of carbonyl (C=O) groups excluding carboxylic acids is 1. The van der Waals surface area contributed by atoms with Gasteiger partial charge in [0.05, 0.1) is 30.8 Å². The first kappa shape index (κ1) is 15.8. The van der Waals surface area contributed by atoms with Crippen molar-refractivity contribution in [1.29, 1.82) is 0 Å². The number of hydrogen-bond donors (Lipinski definition) is 1. The van der Waals surface area contributed by atoms with Crippen LogP contribution in [-0.4, -0.2) is 27.5 Å². The van der Waals surface area contributed by atoms with Gasteiger partial charge in [0.2, 0.25) is 0 Å². The SMILES string of the molecule is CCOc1ccc(-n2nnc(C)c2C(=O)NCc2ccco2)cc1. The Labute approximate surface area is 139 Å². The fourth-order valence-electron chi connectivity index (χ4n) is 2.31. The van der Waals surface area contributed by atoms with Crippen LogP contribution in [0.4, 0.5) is 0 Å². The summed E-state index contributed by atoms with van der Waals surface area (Å²) in [7, 11) is 0. The predicted molar refractivity (Wildman–Crippen MR) is 87.1 cm³/mol. The number of nitrogens with one attached hydrogen (secondary N) is 1. The van der Waals surface area contributed by atoms with Crippen molar-refractivity contribution in [2.24, 2.45) is 0 Å². The molecule has 7 nitrogen and oxygen atoms in total. The number of nitrogens with zero attached hydrogens (tertiary/aromatic N) is 3. The molecule has 2 aromatic heterocycles. The molecule has 124 valence electrons. The first-order chi connectivity index (χ1) is 11.7. The summed E-state index contributed by atoms with van der Waals surface area (Å²) < 4.78 is 12.2. The second kappa shape index (κ2) is 6.99. The Hall–Kier alpha value is -3.09. The minimum atomic E-state index is -0.261. The summed E-state index contributed by atoms with van der Waals surface area (Å²) in [6, 6.07) is 10.9. The zero-order valence-corrected chi connectivity index (χ0v) is 13.5. The molecule has 24 heavy (non-hydrogen) atoms. The van der Waals surface area contributed by atoms with Crippen LogP contribution < -0.4 is 10.1 Å². The molecule has 7 heteroatoms. The van der Waals surface area contributed by atoms with E-state index in [1.807, 2.05) is 31.2 Å². The Kier molecular flexibility index (Phi) is 4.60. The molecule has 2 heterocycles. The second-order valence-corrected chi connectivity index (χ2v) is 5.12. The zero-order valence-electron chi connectivity index (χ0n) is 13.5. The number of amides is 1. The molecule has 0 saturated carbocycles. The first-order valence-corrected chi connectivity index (χ1v) is 7.65. The standard InChI is InChI=1S/C17H18N4O3/c1-3-23-14-8-6-13(7-9-14)21-16(12(2)19-20-21)17(22)18-11-15-5-4-10-24-15/h4-10H,3,11H2,1-2H3,(H,18,22). The minimum absolute atomic E-state index is 0.261. The van der Waals surface area contributed by atoms with E-state index in [1.165, 1.54) is 4.68 Å². The molecule has 0 aliphatic heterocycles. The Bertz CT molecular complexity index is 807. The summed E-state index contributed by atoms with van der Waals surface area (Å²) in [6.07, 6.45) is 1.57. The van der Waals surface area contributed by atoms with E-state index in [4.69, 9.17) is 9.15 Å². The van der Waals surface area contributed by atoms with Crippen LogP contribution in [0.15, 0.2) is 47.1 Å². The van der Waals surface area contributed by atoms with Gasteiger partial charge < -0.3 is 14.5 Å². The molecule has 1 amide bonds. The highest BCUT2D eigenvalue weighted by Gasteiger charge is 2.19. The van der Waals surface area contributed by atoms with Gasteiger partial charge in [-0.3, -0.25) is 4.79 Å². The normalized spacial score (nSPS) is 10.6. The van der Waals surface area contributed by atoms with Crippen LogP contribution in [0.1, 0.15) is 28.9 Å². The van der Waals surface area contributed by atoms with Gasteiger partial charge in [-0.15, -0.1) is 5.10 Å². The molecule has 3 rings (SSSR count). The molecule has 0 spiro atoms. The summed E-state index contributed by atoms with van der Waals surface area (Å²) in [5.74, 6) is 1.19. The summed E-state index contributed by atoms with van der Waals surface area (Å²) in [5, 5.41) is 10.9. The third-order valence-corrected chi connectivity index (χ3v) is 3.45. The number of hydrogen-bond acceptors (Lipinski definition) is 5. The van der Waals surface area contributed by atoms with Gasteiger partial charge >= 0.3 is 0 Å². The van der Waals surface area contributed by atoms with Crippen LogP contribution in [0.2, 0.25) is 0 Å². The van der Waals surface area contributed by atoms with Gasteiger partial charge in [-0.2, -0.15) is 0 Å². The lowest BCUT2D eigenvalue weighted by atomic mass is 10.2. The monoisotopic (exact) mass is 326 g/mol. The highest BCUT2D eigenvalue weighted by Crippen LogP contribution is 2.17. The van der Waals surface area contributed by atoms with E-state index in [-0.39, 0.29) is 5.91 Å². The van der Waals surface area contributed by atoms with Crippen LogP contribution in [0.3, 0.4) is 0 Å². The zero-order chi connectivity index (χ0) is 16.9. The molecular formula is C17H18N4O3. The highest BCUT2D eigenvalue weighted by atomic mass is 16.5. The number of aryl methyl sites for hydroxylation is 1. The van der Waals surface area contributed by atoms with Gasteiger partial charge in [-0.1, -0.05) is 5.21 Å². The van der Waals surface area contributed by atoms with Crippen LogP contribution in [0.25, 0.3) is 5.69 Å². The average Bonchev–Trinajstić information content (AvgIpc) is 3.23. The van der Waals surface area contributed by atoms with E-state index in [0.29, 0.717) is 30.3 Å². The maximum absolute atomic E-state index is 12.5. The van der Waals surface area contributed by atoms with Gasteiger partial charge in [-0.05, 0) is 50.2 Å². The van der Waals surface area contributed by atoms with E-state index in [1.54, 1.807) is 25.3 Å². The Morgan fingerprint density at radius 3 is 2.75 bits per heavy atom. The van der Waals surface area contributed by atoms with Crippen molar-refractivity contribution < 1.29 is 13.9 Å². The van der Waals surface area contributed by atoms with Crippen molar-refractivity contribution in [1.82, 2.24) is 20.3 Å². The molecule has 0 radical (unpaired) electrons. The van der Waals surface area contributed by atoms with Gasteiger partial charge in [0.1, 0.15) is 11.5 Å². The number of furan rings is 1. The van der Waals surface area contributed by atoms with Gasteiger partial charge in [0.15, 0.2) is 5.69 Å². The van der Waals surface area contributed by atoms with Crippen molar-refractivity contribution in [3.63, 3.8) is 0 Å². The molecule has 0 saturated heterocycles. The number of rotatable bonds is 6. The van der Waals surface area contributed by atoms with Crippen molar-refractivity contribution in [3.05, 3.63) is 59.8 Å². The maximum Gasteiger partial charge on any atom is 0.272 e. The van der Waals surface area contributed by atoms with Crippen molar-refractivity contribution in [2.45, 2.75) is 20.4 Å². The first-order valence-electron chi connectivity index (χ1n) is 7.65. The topological polar surface area (TPSA) is 82.2 Å². The fraction of sp³-hybridized carbons (Fsp3) is 0.235. The number of ether oxygens (including phenoxy) is 1. The maximum atomic E-state index is 12.5. The Morgan fingerprint density at radius 1 is 1.29 bits per heavy atom. The molecule has 0 bridgehead atoms. The molecule has 3 aromatic rings. The van der Waals surface area contributed by atoms with E-state index in [0.717, 1.165) is 11.4 Å². The van der Waals surface area contributed by atoms with Crippen LogP contribution in [0.5, 0.6) is 5.75 Å². The molecule has 0 fully saturated rings. The number of benzene rings is 1. The van der Waals surface area contributed by atoms with E-state index in [2.05, 4.69) is 15.6 Å². The van der Waals surface area contributed by atoms with E-state index >= 15 is 0 Å².